The van der Waals surface area contributed by atoms with Crippen molar-refractivity contribution >= 4 is 27.3 Å². The third kappa shape index (κ3) is 6.55. The average Bonchev–Trinajstić information content (AvgIpc) is 3.36. The molecule has 12 heteroatoms. The average molecular weight is 606 g/mol. The van der Waals surface area contributed by atoms with Crippen LogP contribution in [0.3, 0.4) is 0 Å². The molecule has 11 nitrogen and oxygen atoms in total. The van der Waals surface area contributed by atoms with E-state index in [9.17, 15) is 23.3 Å². The molecule has 1 aliphatic carbocycles. The van der Waals surface area contributed by atoms with Gasteiger partial charge in [-0.05, 0) is 49.4 Å². The second-order valence-electron chi connectivity index (χ2n) is 10.9. The highest BCUT2D eigenvalue weighted by atomic mass is 32.2. The minimum atomic E-state index is -4.27. The standard InChI is InChI=1S/C31H35N5O6S/c1-22-29(35-19-11-17-27(30(35)32-22)42-21-23-12-5-3-6-13-23)31(37)33-25(24-14-7-4-8-15-24)20-34(2)43(40,41)28-18-10-9-16-26(28)36(38)39/h4,7-11,14-19,23,25H,3,5-6,12-13,20-21H2,1-2H3,(H,33,37)/t25-/m0/s1. The lowest BCUT2D eigenvalue weighted by Crippen LogP contribution is -2.39. The van der Waals surface area contributed by atoms with Crippen molar-refractivity contribution in [3.05, 3.63) is 100.0 Å². The number of nitrogens with one attached hydrogen (secondary N) is 1. The zero-order valence-corrected chi connectivity index (χ0v) is 25.0. The summed E-state index contributed by atoms with van der Waals surface area (Å²) in [6.07, 6.45) is 7.74. The maximum Gasteiger partial charge on any atom is 0.289 e. The van der Waals surface area contributed by atoms with Crippen molar-refractivity contribution in [3.63, 3.8) is 0 Å². The first-order valence-electron chi connectivity index (χ1n) is 14.3. The lowest BCUT2D eigenvalue weighted by atomic mass is 9.90. The fourth-order valence-corrected chi connectivity index (χ4v) is 6.94. The Morgan fingerprint density at radius 3 is 2.51 bits per heavy atom. The fourth-order valence-electron chi connectivity index (χ4n) is 5.60. The highest BCUT2D eigenvalue weighted by Gasteiger charge is 2.32. The molecule has 0 saturated heterocycles. The van der Waals surface area contributed by atoms with Gasteiger partial charge in [-0.3, -0.25) is 19.3 Å². The number of rotatable bonds is 11. The van der Waals surface area contributed by atoms with Gasteiger partial charge in [0.15, 0.2) is 16.3 Å². The summed E-state index contributed by atoms with van der Waals surface area (Å²) in [5.74, 6) is 0.662. The number of pyridine rings is 1. The monoisotopic (exact) mass is 605 g/mol. The normalized spacial score (nSPS) is 15.0. The molecule has 1 atom stereocenters. The zero-order chi connectivity index (χ0) is 30.6. The lowest BCUT2D eigenvalue weighted by Gasteiger charge is -2.25. The first-order chi connectivity index (χ1) is 20.7. The van der Waals surface area contributed by atoms with Crippen molar-refractivity contribution in [3.8, 4) is 5.75 Å². The number of nitro benzene ring substituents is 1. The number of fused-ring (bicyclic) bond motifs is 1. The van der Waals surface area contributed by atoms with Gasteiger partial charge in [-0.1, -0.05) is 61.7 Å². The number of hydrogen-bond acceptors (Lipinski definition) is 7. The van der Waals surface area contributed by atoms with Gasteiger partial charge in [0, 0.05) is 25.9 Å². The van der Waals surface area contributed by atoms with E-state index in [1.807, 2.05) is 18.2 Å². The molecule has 0 bridgehead atoms. The van der Waals surface area contributed by atoms with E-state index in [-0.39, 0.29) is 6.54 Å². The predicted molar refractivity (Wildman–Crippen MR) is 162 cm³/mol. The van der Waals surface area contributed by atoms with Crippen LogP contribution in [0.1, 0.15) is 59.9 Å². The van der Waals surface area contributed by atoms with Crippen molar-refractivity contribution in [2.75, 3.05) is 20.2 Å². The van der Waals surface area contributed by atoms with E-state index in [2.05, 4.69) is 10.3 Å². The second kappa shape index (κ2) is 12.9. The molecule has 1 amide bonds. The molecule has 2 aromatic heterocycles. The first kappa shape index (κ1) is 30.2. The highest BCUT2D eigenvalue weighted by Crippen LogP contribution is 2.29. The van der Waals surface area contributed by atoms with Crippen LogP contribution < -0.4 is 10.1 Å². The van der Waals surface area contributed by atoms with Crippen LogP contribution in [-0.2, 0) is 10.0 Å². The summed E-state index contributed by atoms with van der Waals surface area (Å²) in [6, 6.07) is 17.1. The summed E-state index contributed by atoms with van der Waals surface area (Å²) in [7, 11) is -2.93. The van der Waals surface area contributed by atoms with Gasteiger partial charge in [0.1, 0.15) is 5.69 Å². The molecule has 1 aliphatic rings. The topological polar surface area (TPSA) is 136 Å². The first-order valence-corrected chi connectivity index (χ1v) is 15.8. The smallest absolute Gasteiger partial charge is 0.289 e. The molecule has 1 fully saturated rings. The number of carbonyl (C=O) groups excluding carboxylic acids is 1. The van der Waals surface area contributed by atoms with Crippen LogP contribution in [0.25, 0.3) is 5.65 Å². The summed E-state index contributed by atoms with van der Waals surface area (Å²) < 4.78 is 35.8. The Morgan fingerprint density at radius 2 is 1.79 bits per heavy atom. The number of hydrogen-bond donors (Lipinski definition) is 1. The molecule has 0 aliphatic heterocycles. The molecular weight excluding hydrogens is 570 g/mol. The van der Waals surface area contributed by atoms with E-state index >= 15 is 0 Å². The molecule has 4 aromatic rings. The molecule has 226 valence electrons. The van der Waals surface area contributed by atoms with Gasteiger partial charge in [0.25, 0.3) is 11.6 Å². The van der Waals surface area contributed by atoms with Crippen LogP contribution in [0.2, 0.25) is 0 Å². The van der Waals surface area contributed by atoms with E-state index < -0.39 is 37.5 Å². The Kier molecular flexibility index (Phi) is 9.07. The van der Waals surface area contributed by atoms with Crippen molar-refractivity contribution in [1.29, 1.82) is 0 Å². The van der Waals surface area contributed by atoms with Crippen molar-refractivity contribution in [1.82, 2.24) is 19.0 Å². The van der Waals surface area contributed by atoms with E-state index in [1.54, 1.807) is 41.8 Å². The van der Waals surface area contributed by atoms with Gasteiger partial charge in [-0.15, -0.1) is 0 Å². The Bertz CT molecular complexity index is 1720. The Balaban J connectivity index is 1.41. The van der Waals surface area contributed by atoms with E-state index in [0.717, 1.165) is 23.2 Å². The van der Waals surface area contributed by atoms with Crippen molar-refractivity contribution < 1.29 is 22.9 Å². The third-order valence-electron chi connectivity index (χ3n) is 7.90. The highest BCUT2D eigenvalue weighted by molar-refractivity contribution is 7.89. The van der Waals surface area contributed by atoms with E-state index in [1.165, 1.54) is 44.5 Å². The Labute approximate surface area is 250 Å². The summed E-state index contributed by atoms with van der Waals surface area (Å²) in [5, 5.41) is 14.5. The van der Waals surface area contributed by atoms with Crippen LogP contribution >= 0.6 is 0 Å². The maximum atomic E-state index is 13.8. The van der Waals surface area contributed by atoms with Gasteiger partial charge < -0.3 is 10.1 Å². The minimum absolute atomic E-state index is 0.171. The molecule has 1 saturated carbocycles. The lowest BCUT2D eigenvalue weighted by molar-refractivity contribution is -0.387. The van der Waals surface area contributed by atoms with Gasteiger partial charge in [-0.2, -0.15) is 4.31 Å². The number of carbonyl (C=O) groups is 1. The quantitative estimate of drug-likeness (QED) is 0.181. The number of sulfonamides is 1. The molecule has 5 rings (SSSR count). The molecule has 2 heterocycles. The minimum Gasteiger partial charge on any atom is -0.489 e. The molecule has 1 N–H and O–H groups in total. The molecule has 0 radical (unpaired) electrons. The van der Waals surface area contributed by atoms with Crippen LogP contribution in [0.5, 0.6) is 5.75 Å². The molecule has 0 unspecified atom stereocenters. The number of imidazole rings is 1. The number of nitrogens with zero attached hydrogens (tertiary/aromatic N) is 4. The number of aromatic nitrogens is 2. The van der Waals surface area contributed by atoms with Crippen LogP contribution in [0.4, 0.5) is 5.69 Å². The number of likely N-dealkylation sites (N-methyl/N-ethyl adjacent to an activating group) is 1. The van der Waals surface area contributed by atoms with Crippen LogP contribution in [0.15, 0.2) is 77.8 Å². The molecule has 43 heavy (non-hydrogen) atoms. The summed E-state index contributed by atoms with van der Waals surface area (Å²) >= 11 is 0. The molecule has 0 spiro atoms. The molecule has 2 aromatic carbocycles. The number of amides is 1. The largest absolute Gasteiger partial charge is 0.489 e. The van der Waals surface area contributed by atoms with Gasteiger partial charge in [-0.25, -0.2) is 13.4 Å². The fraction of sp³-hybridized carbons (Fsp3) is 0.355. The Hall–Kier alpha value is -4.29. The second-order valence-corrected chi connectivity index (χ2v) is 12.9. The van der Waals surface area contributed by atoms with E-state index in [0.29, 0.717) is 40.9 Å². The van der Waals surface area contributed by atoms with Crippen LogP contribution in [-0.4, -0.2) is 53.1 Å². The van der Waals surface area contributed by atoms with Gasteiger partial charge >= 0.3 is 0 Å². The van der Waals surface area contributed by atoms with Crippen molar-refractivity contribution in [2.45, 2.75) is 50.0 Å². The number of nitro groups is 1. The zero-order valence-electron chi connectivity index (χ0n) is 24.2. The molecular formula is C31H35N5O6S. The number of ether oxygens (including phenoxy) is 1. The maximum absolute atomic E-state index is 13.8. The van der Waals surface area contributed by atoms with E-state index in [4.69, 9.17) is 4.74 Å². The summed E-state index contributed by atoms with van der Waals surface area (Å²) in [6.45, 7) is 2.18. The summed E-state index contributed by atoms with van der Waals surface area (Å²) in [4.78, 5) is 28.9. The number of para-hydroxylation sites is 1. The summed E-state index contributed by atoms with van der Waals surface area (Å²) in [5.41, 5.74) is 1.50. The van der Waals surface area contributed by atoms with Gasteiger partial charge in [0.2, 0.25) is 10.0 Å². The van der Waals surface area contributed by atoms with Crippen molar-refractivity contribution in [2.24, 2.45) is 5.92 Å². The third-order valence-corrected chi connectivity index (χ3v) is 9.77. The SMILES string of the molecule is Cc1nc2c(OCC3CCCCC3)cccn2c1C(=O)N[C@@H](CN(C)S(=O)(=O)c1ccccc1[N+](=O)[O-])c1ccccc1. The van der Waals surface area contributed by atoms with Crippen LogP contribution in [0, 0.1) is 23.0 Å². The predicted octanol–water partition coefficient (Wildman–Crippen LogP) is 5.30. The van der Waals surface area contributed by atoms with Gasteiger partial charge in [0.05, 0.1) is 23.3 Å². The Morgan fingerprint density at radius 1 is 1.09 bits per heavy atom. The number of aryl methyl sites for hydroxylation is 1. The number of benzene rings is 2.